The molecule has 0 saturated carbocycles. The molecule has 0 spiro atoms. The number of nitro benzene ring substituents is 1. The molecule has 1 amide bonds. The number of benzene rings is 1. The molecule has 1 aromatic carbocycles. The van der Waals surface area contributed by atoms with E-state index >= 15 is 0 Å². The molecule has 0 saturated heterocycles. The summed E-state index contributed by atoms with van der Waals surface area (Å²) >= 11 is 1.49. The van der Waals surface area contributed by atoms with Crippen LogP contribution in [0.15, 0.2) is 24.3 Å². The highest BCUT2D eigenvalue weighted by Gasteiger charge is 2.22. The van der Waals surface area contributed by atoms with E-state index in [0.29, 0.717) is 16.3 Å². The van der Waals surface area contributed by atoms with Crippen LogP contribution in [0.2, 0.25) is 0 Å². The minimum Gasteiger partial charge on any atom is -0.374 e. The van der Waals surface area contributed by atoms with E-state index in [2.05, 4.69) is 16.7 Å². The lowest BCUT2D eigenvalue weighted by Gasteiger charge is -2.14. The monoisotopic (exact) mass is 384 g/mol. The molecule has 0 radical (unpaired) electrons. The van der Waals surface area contributed by atoms with Crippen LogP contribution >= 0.6 is 11.3 Å². The number of carbonyl (C=O) groups excluding carboxylic acids is 1. The van der Waals surface area contributed by atoms with Crippen molar-refractivity contribution in [2.24, 2.45) is 0 Å². The summed E-state index contributed by atoms with van der Waals surface area (Å²) in [5.41, 5.74) is 2.11. The highest BCUT2D eigenvalue weighted by molar-refractivity contribution is 7.16. The molecular weight excluding hydrogens is 364 g/mol. The van der Waals surface area contributed by atoms with Crippen molar-refractivity contribution in [3.63, 3.8) is 0 Å². The van der Waals surface area contributed by atoms with Crippen molar-refractivity contribution in [2.75, 3.05) is 10.6 Å². The molecule has 3 rings (SSSR count). The van der Waals surface area contributed by atoms with Gasteiger partial charge in [0.15, 0.2) is 0 Å². The Morgan fingerprint density at radius 2 is 2.11 bits per heavy atom. The van der Waals surface area contributed by atoms with Crippen LogP contribution in [0, 0.1) is 21.4 Å². The Hall–Kier alpha value is -2.92. The van der Waals surface area contributed by atoms with Gasteiger partial charge in [-0.3, -0.25) is 14.9 Å². The van der Waals surface area contributed by atoms with E-state index in [0.717, 1.165) is 37.7 Å². The lowest BCUT2D eigenvalue weighted by Crippen LogP contribution is -2.31. The second-order valence-corrected chi connectivity index (χ2v) is 7.65. The molecule has 2 N–H and O–H groups in total. The number of amides is 1. The summed E-state index contributed by atoms with van der Waals surface area (Å²) in [6.07, 6.45) is 5.17. The number of fused-ring (bicyclic) bond motifs is 1. The van der Waals surface area contributed by atoms with Crippen LogP contribution in [0.1, 0.15) is 42.2 Å². The summed E-state index contributed by atoms with van der Waals surface area (Å²) in [6.45, 7) is 1.68. The fourth-order valence-corrected chi connectivity index (χ4v) is 4.44. The van der Waals surface area contributed by atoms with E-state index in [1.165, 1.54) is 28.3 Å². The molecule has 0 unspecified atom stereocenters. The number of nitrogens with one attached hydrogen (secondary N) is 2. The van der Waals surface area contributed by atoms with Crippen LogP contribution in [-0.4, -0.2) is 16.9 Å². The summed E-state index contributed by atoms with van der Waals surface area (Å²) in [4.78, 5) is 24.2. The minimum atomic E-state index is -0.611. The van der Waals surface area contributed by atoms with Crippen molar-refractivity contribution in [1.82, 2.24) is 0 Å². The maximum atomic E-state index is 12.6. The van der Waals surface area contributed by atoms with E-state index in [1.807, 2.05) is 0 Å². The predicted octanol–water partition coefficient (Wildman–Crippen LogP) is 4.24. The van der Waals surface area contributed by atoms with Gasteiger partial charge in [0, 0.05) is 22.7 Å². The quantitative estimate of drug-likeness (QED) is 0.455. The average Bonchev–Trinajstić information content (AvgIpc) is 2.81. The molecule has 2 aromatic rings. The van der Waals surface area contributed by atoms with Crippen LogP contribution < -0.4 is 10.6 Å². The molecule has 8 heteroatoms. The van der Waals surface area contributed by atoms with Crippen LogP contribution in [0.25, 0.3) is 0 Å². The van der Waals surface area contributed by atoms with Gasteiger partial charge < -0.3 is 10.6 Å². The number of thiophene rings is 1. The smallest absolute Gasteiger partial charge is 0.271 e. The number of rotatable bonds is 5. The minimum absolute atomic E-state index is 0.0404. The zero-order chi connectivity index (χ0) is 19.4. The van der Waals surface area contributed by atoms with Crippen LogP contribution in [0.5, 0.6) is 0 Å². The van der Waals surface area contributed by atoms with Gasteiger partial charge in [0.1, 0.15) is 17.1 Å². The summed E-state index contributed by atoms with van der Waals surface area (Å²) < 4.78 is 0. The van der Waals surface area contributed by atoms with Gasteiger partial charge in [-0.15, -0.1) is 11.3 Å². The van der Waals surface area contributed by atoms with E-state index in [9.17, 15) is 20.2 Å². The Kier molecular flexibility index (Phi) is 5.72. The van der Waals surface area contributed by atoms with Crippen molar-refractivity contribution < 1.29 is 9.72 Å². The van der Waals surface area contributed by atoms with Gasteiger partial charge in [-0.2, -0.15) is 5.26 Å². The first-order valence-electron chi connectivity index (χ1n) is 8.86. The fourth-order valence-electron chi connectivity index (χ4n) is 3.19. The Bertz CT molecular complexity index is 916. The number of hydrogen-bond donors (Lipinski definition) is 2. The van der Waals surface area contributed by atoms with Crippen molar-refractivity contribution in [2.45, 2.75) is 45.1 Å². The number of nitriles is 1. The number of hydrogen-bond acceptors (Lipinski definition) is 6. The second kappa shape index (κ2) is 8.18. The highest BCUT2D eigenvalue weighted by Crippen LogP contribution is 2.37. The predicted molar refractivity (Wildman–Crippen MR) is 105 cm³/mol. The Labute approximate surface area is 161 Å². The molecule has 1 aliphatic carbocycles. The SMILES string of the molecule is C[C@H](Nc1cccc([N+](=O)[O-])c1)C(=O)Nc1sc2c(c1C#N)CCCCC2. The van der Waals surface area contributed by atoms with Crippen molar-refractivity contribution in [3.05, 3.63) is 50.4 Å². The normalized spacial score (nSPS) is 14.4. The highest BCUT2D eigenvalue weighted by atomic mass is 32.1. The van der Waals surface area contributed by atoms with Crippen LogP contribution in [-0.2, 0) is 17.6 Å². The second-order valence-electron chi connectivity index (χ2n) is 6.54. The van der Waals surface area contributed by atoms with E-state index < -0.39 is 11.0 Å². The van der Waals surface area contributed by atoms with Gasteiger partial charge in [-0.25, -0.2) is 0 Å². The molecule has 0 fully saturated rings. The van der Waals surface area contributed by atoms with E-state index in [1.54, 1.807) is 19.1 Å². The third-order valence-electron chi connectivity index (χ3n) is 4.60. The number of carbonyl (C=O) groups is 1. The van der Waals surface area contributed by atoms with E-state index in [-0.39, 0.29) is 11.6 Å². The molecule has 0 aliphatic heterocycles. The number of non-ortho nitro benzene ring substituents is 1. The van der Waals surface area contributed by atoms with Crippen molar-refractivity contribution >= 4 is 33.6 Å². The van der Waals surface area contributed by atoms with Gasteiger partial charge in [0.05, 0.1) is 10.5 Å². The molecule has 7 nitrogen and oxygen atoms in total. The van der Waals surface area contributed by atoms with Gasteiger partial charge in [0.25, 0.3) is 5.69 Å². The molecule has 1 aliphatic rings. The number of nitro groups is 1. The number of aryl methyl sites for hydroxylation is 1. The first-order valence-corrected chi connectivity index (χ1v) is 9.67. The lowest BCUT2D eigenvalue weighted by atomic mass is 10.1. The third kappa shape index (κ3) is 4.26. The summed E-state index contributed by atoms with van der Waals surface area (Å²) in [6, 6.07) is 7.65. The van der Waals surface area contributed by atoms with Gasteiger partial charge in [0.2, 0.25) is 5.91 Å². The average molecular weight is 384 g/mol. The largest absolute Gasteiger partial charge is 0.374 e. The van der Waals surface area contributed by atoms with Crippen LogP contribution in [0.4, 0.5) is 16.4 Å². The maximum Gasteiger partial charge on any atom is 0.271 e. The Morgan fingerprint density at radius 1 is 1.33 bits per heavy atom. The zero-order valence-electron chi connectivity index (χ0n) is 14.9. The topological polar surface area (TPSA) is 108 Å². The Morgan fingerprint density at radius 3 is 2.85 bits per heavy atom. The fraction of sp³-hybridized carbons (Fsp3) is 0.368. The van der Waals surface area contributed by atoms with Crippen LogP contribution in [0.3, 0.4) is 0 Å². The van der Waals surface area contributed by atoms with Gasteiger partial charge in [-0.1, -0.05) is 12.5 Å². The molecule has 1 aromatic heterocycles. The zero-order valence-corrected chi connectivity index (χ0v) is 15.8. The third-order valence-corrected chi connectivity index (χ3v) is 5.81. The molecule has 1 heterocycles. The van der Waals surface area contributed by atoms with Crippen molar-refractivity contribution in [3.8, 4) is 6.07 Å². The molecular formula is C19H20N4O3S. The molecule has 1 atom stereocenters. The summed E-state index contributed by atoms with van der Waals surface area (Å²) in [5.74, 6) is -0.283. The Balaban J connectivity index is 1.73. The maximum absolute atomic E-state index is 12.6. The molecule has 140 valence electrons. The molecule has 27 heavy (non-hydrogen) atoms. The first kappa shape index (κ1) is 18.9. The lowest BCUT2D eigenvalue weighted by molar-refractivity contribution is -0.384. The number of nitrogens with zero attached hydrogens (tertiary/aromatic N) is 2. The summed E-state index contributed by atoms with van der Waals surface area (Å²) in [5, 5.41) is 26.9. The first-order chi connectivity index (χ1) is 13.0. The summed E-state index contributed by atoms with van der Waals surface area (Å²) in [7, 11) is 0. The standard InChI is InChI=1S/C19H20N4O3S/c1-12(21-13-6-5-7-14(10-13)23(25)26)18(24)22-19-16(11-20)15-8-3-2-4-9-17(15)27-19/h5-7,10,12,21H,2-4,8-9H2,1H3,(H,22,24)/t12-/m0/s1. The number of anilines is 2. The molecule has 0 bridgehead atoms. The van der Waals surface area contributed by atoms with Gasteiger partial charge >= 0.3 is 0 Å². The van der Waals surface area contributed by atoms with Gasteiger partial charge in [-0.05, 0) is 44.2 Å². The van der Waals surface area contributed by atoms with E-state index in [4.69, 9.17) is 0 Å². The van der Waals surface area contributed by atoms with Crippen molar-refractivity contribution in [1.29, 1.82) is 5.26 Å².